The number of sulfonamides is 1. The van der Waals surface area contributed by atoms with Crippen molar-refractivity contribution < 1.29 is 27.4 Å². The summed E-state index contributed by atoms with van der Waals surface area (Å²) in [4.78, 5) is 24.9. The minimum atomic E-state index is -3.92. The zero-order valence-electron chi connectivity index (χ0n) is 26.4. The van der Waals surface area contributed by atoms with Gasteiger partial charge in [0.25, 0.3) is 0 Å². The molecule has 2 aliphatic carbocycles. The van der Waals surface area contributed by atoms with Crippen LogP contribution in [0.4, 0.5) is 11.4 Å². The van der Waals surface area contributed by atoms with E-state index in [2.05, 4.69) is 25.0 Å². The highest BCUT2D eigenvalue weighted by Gasteiger charge is 2.31. The Balaban J connectivity index is 1.32. The van der Waals surface area contributed by atoms with E-state index in [0.717, 1.165) is 43.2 Å². The van der Waals surface area contributed by atoms with Gasteiger partial charge in [0, 0.05) is 41.1 Å². The summed E-state index contributed by atoms with van der Waals surface area (Å²) in [5.74, 6) is 1.12. The Morgan fingerprint density at radius 2 is 1.75 bits per heavy atom. The SMILES string of the molecule is COc1ncc(-c2ccc3c(Nc4cc(Oc5cccc(C(N)=O)c5)cc(C5CCC5)c4)c(S(=O)(=O)NC4CC4)cnc3c2)c(OC)n1. The predicted octanol–water partition coefficient (Wildman–Crippen LogP) is 6.05. The molecule has 0 saturated heterocycles. The number of ether oxygens (including phenoxy) is 3. The van der Waals surface area contributed by atoms with Crippen molar-refractivity contribution in [1.82, 2.24) is 19.7 Å². The van der Waals surface area contributed by atoms with Crippen LogP contribution >= 0.6 is 0 Å². The lowest BCUT2D eigenvalue weighted by Gasteiger charge is -2.27. The number of hydrogen-bond donors (Lipinski definition) is 3. The minimum absolute atomic E-state index is 0.0330. The Labute approximate surface area is 277 Å². The summed E-state index contributed by atoms with van der Waals surface area (Å²) >= 11 is 0. The summed E-state index contributed by atoms with van der Waals surface area (Å²) in [5.41, 5.74) is 9.82. The Bertz CT molecular complexity index is 2150. The number of benzene rings is 3. The van der Waals surface area contributed by atoms with Crippen molar-refractivity contribution in [3.05, 3.63) is 84.2 Å². The Morgan fingerprint density at radius 1 is 0.917 bits per heavy atom. The van der Waals surface area contributed by atoms with Gasteiger partial charge in [-0.2, -0.15) is 4.98 Å². The molecule has 0 bridgehead atoms. The number of rotatable bonds is 12. The fourth-order valence-corrected chi connectivity index (χ4v) is 7.11. The van der Waals surface area contributed by atoms with E-state index in [4.69, 9.17) is 19.9 Å². The number of nitrogens with zero attached hydrogens (tertiary/aromatic N) is 3. The molecule has 12 nitrogen and oxygen atoms in total. The summed E-state index contributed by atoms with van der Waals surface area (Å²) in [6.07, 6.45) is 7.79. The minimum Gasteiger partial charge on any atom is -0.480 e. The molecule has 2 aliphatic rings. The second kappa shape index (κ2) is 12.7. The first-order valence-corrected chi connectivity index (χ1v) is 17.1. The van der Waals surface area contributed by atoms with Crippen molar-refractivity contribution in [3.8, 4) is 34.5 Å². The Kier molecular flexibility index (Phi) is 8.31. The Morgan fingerprint density at radius 3 is 2.46 bits per heavy atom. The molecule has 4 N–H and O–H groups in total. The molecule has 0 atom stereocenters. The second-order valence-electron chi connectivity index (χ2n) is 11.9. The maximum Gasteiger partial charge on any atom is 0.319 e. The third kappa shape index (κ3) is 6.46. The highest BCUT2D eigenvalue weighted by molar-refractivity contribution is 7.89. The number of primary amides is 1. The number of aromatic nitrogens is 3. The van der Waals surface area contributed by atoms with Crippen LogP contribution in [0, 0.1) is 0 Å². The van der Waals surface area contributed by atoms with Crippen LogP contribution in [-0.2, 0) is 10.0 Å². The summed E-state index contributed by atoms with van der Waals surface area (Å²) < 4.78 is 47.1. The molecular formula is C35H34N6O6S. The number of hydrogen-bond acceptors (Lipinski definition) is 10. The van der Waals surface area contributed by atoms with Crippen LogP contribution in [0.1, 0.15) is 53.9 Å². The largest absolute Gasteiger partial charge is 0.480 e. The van der Waals surface area contributed by atoms with Crippen LogP contribution in [0.5, 0.6) is 23.4 Å². The number of amides is 1. The predicted molar refractivity (Wildman–Crippen MR) is 181 cm³/mol. The molecule has 2 saturated carbocycles. The fraction of sp³-hybridized carbons (Fsp3) is 0.257. The number of nitrogens with two attached hydrogens (primary N) is 1. The maximum atomic E-state index is 13.7. The molecule has 13 heteroatoms. The number of fused-ring (bicyclic) bond motifs is 1. The van der Waals surface area contributed by atoms with Gasteiger partial charge in [0.05, 0.1) is 31.0 Å². The fourth-order valence-electron chi connectivity index (χ4n) is 5.69. The van der Waals surface area contributed by atoms with Gasteiger partial charge >= 0.3 is 6.01 Å². The van der Waals surface area contributed by atoms with Crippen molar-refractivity contribution in [3.63, 3.8) is 0 Å². The smallest absolute Gasteiger partial charge is 0.319 e. The first-order valence-electron chi connectivity index (χ1n) is 15.6. The molecule has 48 heavy (non-hydrogen) atoms. The van der Waals surface area contributed by atoms with Crippen LogP contribution in [0.15, 0.2) is 78.0 Å². The summed E-state index contributed by atoms with van der Waals surface area (Å²) in [6, 6.07) is 18.1. The van der Waals surface area contributed by atoms with Crippen LogP contribution < -0.4 is 30.0 Å². The standard InChI is InChI=1S/C35H34N6O6S/c1-45-34-29(18-38-35(40-34)46-2)21-9-12-28-30(16-21)37-19-31(48(43,44)41-24-10-11-24)32(28)39-25-13-23(20-5-3-6-20)15-27(17-25)47-26-8-4-7-22(14-26)33(36)42/h4,7-9,12-20,24,41H,3,5-6,10-11H2,1-2H3,(H2,36,42)(H,37,39). The second-order valence-corrected chi connectivity index (χ2v) is 13.6. The lowest BCUT2D eigenvalue weighted by molar-refractivity contribution is 0.1000. The first-order chi connectivity index (χ1) is 23.2. The third-order valence-electron chi connectivity index (χ3n) is 8.57. The van der Waals surface area contributed by atoms with Gasteiger partial charge in [0.2, 0.25) is 21.8 Å². The number of anilines is 2. The molecule has 246 valence electrons. The summed E-state index contributed by atoms with van der Waals surface area (Å²) in [6.45, 7) is 0. The van der Waals surface area contributed by atoms with E-state index in [1.54, 1.807) is 30.5 Å². The molecule has 2 heterocycles. The lowest BCUT2D eigenvalue weighted by atomic mass is 9.80. The van der Waals surface area contributed by atoms with Gasteiger partial charge in [0.1, 0.15) is 16.4 Å². The number of pyridine rings is 1. The normalized spacial score (nSPS) is 14.7. The van der Waals surface area contributed by atoms with Crippen LogP contribution in [0.2, 0.25) is 0 Å². The van der Waals surface area contributed by atoms with Gasteiger partial charge in [-0.05, 0) is 79.1 Å². The molecule has 2 aromatic heterocycles. The first kappa shape index (κ1) is 31.3. The monoisotopic (exact) mass is 666 g/mol. The average Bonchev–Trinajstić information content (AvgIpc) is 3.86. The van der Waals surface area contributed by atoms with E-state index >= 15 is 0 Å². The molecule has 2 fully saturated rings. The van der Waals surface area contributed by atoms with Crippen molar-refractivity contribution in [2.75, 3.05) is 19.5 Å². The molecule has 0 unspecified atom stereocenters. The van der Waals surface area contributed by atoms with Crippen LogP contribution in [0.3, 0.4) is 0 Å². The molecule has 0 spiro atoms. The highest BCUT2D eigenvalue weighted by Crippen LogP contribution is 2.42. The van der Waals surface area contributed by atoms with Crippen molar-refractivity contribution >= 4 is 38.2 Å². The number of carbonyl (C=O) groups is 1. The molecule has 0 aliphatic heterocycles. The van der Waals surface area contributed by atoms with Gasteiger partial charge < -0.3 is 25.3 Å². The van der Waals surface area contributed by atoms with Crippen LogP contribution in [0.25, 0.3) is 22.0 Å². The zero-order valence-corrected chi connectivity index (χ0v) is 27.2. The third-order valence-corrected chi connectivity index (χ3v) is 10.1. The van der Waals surface area contributed by atoms with Gasteiger partial charge in [0.15, 0.2) is 0 Å². The van der Waals surface area contributed by atoms with Gasteiger partial charge in [-0.25, -0.2) is 18.1 Å². The highest BCUT2D eigenvalue weighted by atomic mass is 32.2. The molecule has 3 aromatic carbocycles. The molecule has 1 amide bonds. The van der Waals surface area contributed by atoms with E-state index < -0.39 is 15.9 Å². The van der Waals surface area contributed by atoms with E-state index in [0.29, 0.717) is 56.7 Å². The maximum absolute atomic E-state index is 13.7. The number of methoxy groups -OCH3 is 2. The topological polar surface area (TPSA) is 168 Å². The lowest BCUT2D eigenvalue weighted by Crippen LogP contribution is -2.26. The van der Waals surface area contributed by atoms with Crippen molar-refractivity contribution in [2.45, 2.75) is 49.0 Å². The average molecular weight is 667 g/mol. The van der Waals surface area contributed by atoms with Gasteiger partial charge in [-0.3, -0.25) is 9.78 Å². The molecule has 0 radical (unpaired) electrons. The van der Waals surface area contributed by atoms with E-state index in [1.165, 1.54) is 20.4 Å². The number of nitrogens with one attached hydrogen (secondary N) is 2. The van der Waals surface area contributed by atoms with E-state index in [9.17, 15) is 13.2 Å². The molecule has 7 rings (SSSR count). The van der Waals surface area contributed by atoms with E-state index in [1.807, 2.05) is 36.4 Å². The molecular weight excluding hydrogens is 632 g/mol. The number of carbonyl (C=O) groups excluding carboxylic acids is 1. The van der Waals surface area contributed by atoms with Gasteiger partial charge in [-0.1, -0.05) is 24.6 Å². The van der Waals surface area contributed by atoms with Crippen molar-refractivity contribution in [1.29, 1.82) is 0 Å². The zero-order chi connectivity index (χ0) is 33.4. The molecule has 5 aromatic rings. The summed E-state index contributed by atoms with van der Waals surface area (Å²) in [5, 5.41) is 4.03. The van der Waals surface area contributed by atoms with Crippen LogP contribution in [-0.4, -0.2) is 49.5 Å². The Hall–Kier alpha value is -5.27. The van der Waals surface area contributed by atoms with E-state index in [-0.39, 0.29) is 16.9 Å². The summed E-state index contributed by atoms with van der Waals surface area (Å²) in [7, 11) is -0.923. The van der Waals surface area contributed by atoms with Gasteiger partial charge in [-0.15, -0.1) is 0 Å². The quantitative estimate of drug-likeness (QED) is 0.143. The van der Waals surface area contributed by atoms with Crippen molar-refractivity contribution in [2.24, 2.45) is 5.73 Å².